The van der Waals surface area contributed by atoms with E-state index in [1.165, 1.54) is 9.80 Å². The van der Waals surface area contributed by atoms with Crippen molar-refractivity contribution in [1.29, 1.82) is 0 Å². The predicted octanol–water partition coefficient (Wildman–Crippen LogP) is 4.10. The third-order valence-corrected chi connectivity index (χ3v) is 9.28. The number of para-hydroxylation sites is 3. The van der Waals surface area contributed by atoms with Gasteiger partial charge in [0.25, 0.3) is 0 Å². The van der Waals surface area contributed by atoms with Crippen molar-refractivity contribution in [2.24, 2.45) is 29.6 Å². The maximum atomic E-state index is 14.2. The molecular weight excluding hydrogens is 532 g/mol. The van der Waals surface area contributed by atoms with Crippen LogP contribution in [0.2, 0.25) is 0 Å². The second-order valence-electron chi connectivity index (χ2n) is 11.3. The number of amides is 4. The highest BCUT2D eigenvalue weighted by atomic mass is 16.5. The van der Waals surface area contributed by atoms with Crippen LogP contribution < -0.4 is 14.5 Å². The molecular formula is C34H30N2O6. The fraction of sp³-hybridized carbons (Fsp3) is 0.294. The summed E-state index contributed by atoms with van der Waals surface area (Å²) in [4.78, 5) is 58.5. The summed E-state index contributed by atoms with van der Waals surface area (Å²) in [7, 11) is 0. The van der Waals surface area contributed by atoms with Gasteiger partial charge in [0, 0.05) is 11.5 Å². The molecule has 3 aromatic rings. The van der Waals surface area contributed by atoms with Crippen molar-refractivity contribution in [3.8, 4) is 5.75 Å². The molecule has 4 aliphatic rings. The van der Waals surface area contributed by atoms with Crippen molar-refractivity contribution in [3.63, 3.8) is 0 Å². The van der Waals surface area contributed by atoms with Crippen LogP contribution in [-0.4, -0.2) is 41.9 Å². The minimum Gasteiger partial charge on any atom is -0.491 e. The number of ether oxygens (including phenoxy) is 1. The Balaban J connectivity index is 1.35. The second-order valence-corrected chi connectivity index (χ2v) is 11.3. The Morgan fingerprint density at radius 3 is 1.88 bits per heavy atom. The zero-order valence-electron chi connectivity index (χ0n) is 22.8. The fourth-order valence-corrected chi connectivity index (χ4v) is 7.62. The van der Waals surface area contributed by atoms with Gasteiger partial charge in [-0.2, -0.15) is 0 Å². The van der Waals surface area contributed by atoms with Crippen molar-refractivity contribution < 1.29 is 29.0 Å². The first-order valence-electron chi connectivity index (χ1n) is 14.4. The van der Waals surface area contributed by atoms with Crippen LogP contribution in [0.25, 0.3) is 0 Å². The molecule has 3 aromatic carbocycles. The molecule has 212 valence electrons. The number of aliphatic hydroxyl groups is 1. The summed E-state index contributed by atoms with van der Waals surface area (Å²) in [6.07, 6.45) is 2.71. The standard InChI is InChI=1S/C34H30N2O6/c37-17-18-42-27-14-8-7-13-23(27)28-22-15-16-24-29(33(40)35(31(24)38)20-9-3-1-4-10-20)25(22)19-26-30(28)34(41)36(32(26)39)21-11-5-2-6-12-21/h1-15,24-26,28-30,37H,16-19H2. The van der Waals surface area contributed by atoms with E-state index in [-0.39, 0.29) is 36.8 Å². The first kappa shape index (κ1) is 26.3. The van der Waals surface area contributed by atoms with Gasteiger partial charge in [0.15, 0.2) is 0 Å². The van der Waals surface area contributed by atoms with E-state index in [1.54, 1.807) is 54.6 Å². The van der Waals surface area contributed by atoms with Crippen LogP contribution >= 0.6 is 0 Å². The molecule has 3 fully saturated rings. The Morgan fingerprint density at radius 2 is 1.24 bits per heavy atom. The molecule has 2 saturated heterocycles. The number of allylic oxidation sites excluding steroid dienone is 2. The molecule has 42 heavy (non-hydrogen) atoms. The van der Waals surface area contributed by atoms with Gasteiger partial charge in [0.05, 0.1) is 41.7 Å². The number of hydrogen-bond acceptors (Lipinski definition) is 6. The minimum absolute atomic E-state index is 0.0764. The molecule has 6 atom stereocenters. The lowest BCUT2D eigenvalue weighted by Crippen LogP contribution is -2.43. The molecule has 2 aliphatic carbocycles. The topological polar surface area (TPSA) is 104 Å². The maximum absolute atomic E-state index is 14.2. The van der Waals surface area contributed by atoms with Crippen molar-refractivity contribution >= 4 is 35.0 Å². The number of rotatable bonds is 6. The first-order valence-corrected chi connectivity index (χ1v) is 14.4. The van der Waals surface area contributed by atoms with Gasteiger partial charge in [0.1, 0.15) is 12.4 Å². The Labute approximate surface area is 243 Å². The van der Waals surface area contributed by atoms with Gasteiger partial charge in [-0.1, -0.05) is 66.2 Å². The lowest BCUT2D eigenvalue weighted by Gasteiger charge is -2.44. The molecule has 0 spiro atoms. The monoisotopic (exact) mass is 562 g/mol. The van der Waals surface area contributed by atoms with E-state index in [0.29, 0.717) is 30.0 Å². The van der Waals surface area contributed by atoms with Gasteiger partial charge in [-0.15, -0.1) is 0 Å². The number of imide groups is 2. The summed E-state index contributed by atoms with van der Waals surface area (Å²) < 4.78 is 5.92. The summed E-state index contributed by atoms with van der Waals surface area (Å²) in [5.74, 6) is -3.94. The summed E-state index contributed by atoms with van der Waals surface area (Å²) in [6.45, 7) is -0.0989. The van der Waals surface area contributed by atoms with Crippen molar-refractivity contribution in [2.75, 3.05) is 23.0 Å². The molecule has 8 heteroatoms. The highest BCUT2D eigenvalue weighted by Gasteiger charge is 2.62. The maximum Gasteiger partial charge on any atom is 0.238 e. The van der Waals surface area contributed by atoms with Crippen LogP contribution in [0.4, 0.5) is 11.4 Å². The van der Waals surface area contributed by atoms with Crippen LogP contribution in [0.1, 0.15) is 24.3 Å². The Kier molecular flexibility index (Phi) is 6.50. The SMILES string of the molecule is O=C1C2CC=C3C(CC4C(=O)N(c5ccccc5)C(=O)C4C3c3ccccc3OCCO)C2C(=O)N1c1ccccc1. The Bertz CT molecular complexity index is 1600. The molecule has 4 amide bonds. The molecule has 0 radical (unpaired) electrons. The average molecular weight is 563 g/mol. The molecule has 1 saturated carbocycles. The number of fused-ring (bicyclic) bond motifs is 4. The van der Waals surface area contributed by atoms with Crippen LogP contribution in [0.15, 0.2) is 96.6 Å². The van der Waals surface area contributed by atoms with Gasteiger partial charge in [0.2, 0.25) is 23.6 Å². The van der Waals surface area contributed by atoms with E-state index >= 15 is 0 Å². The molecule has 0 bridgehead atoms. The Morgan fingerprint density at radius 1 is 0.667 bits per heavy atom. The molecule has 6 unspecified atom stereocenters. The van der Waals surface area contributed by atoms with Crippen molar-refractivity contribution in [2.45, 2.75) is 18.8 Å². The van der Waals surface area contributed by atoms with Gasteiger partial charge < -0.3 is 9.84 Å². The number of nitrogens with zero attached hydrogens (tertiary/aromatic N) is 2. The largest absolute Gasteiger partial charge is 0.491 e. The van der Waals surface area contributed by atoms with E-state index in [9.17, 15) is 24.3 Å². The molecule has 7 rings (SSSR count). The lowest BCUT2D eigenvalue weighted by atomic mass is 9.57. The predicted molar refractivity (Wildman–Crippen MR) is 154 cm³/mol. The number of aliphatic hydroxyl groups excluding tert-OH is 1. The zero-order chi connectivity index (χ0) is 29.0. The lowest BCUT2D eigenvalue weighted by molar-refractivity contribution is -0.126. The third-order valence-electron chi connectivity index (χ3n) is 9.28. The smallest absolute Gasteiger partial charge is 0.238 e. The van der Waals surface area contributed by atoms with Crippen molar-refractivity contribution in [3.05, 3.63) is 102 Å². The van der Waals surface area contributed by atoms with E-state index in [1.807, 2.05) is 36.4 Å². The molecule has 2 aliphatic heterocycles. The number of carbonyl (C=O) groups is 4. The van der Waals surface area contributed by atoms with Gasteiger partial charge in [-0.25, -0.2) is 0 Å². The summed E-state index contributed by atoms with van der Waals surface area (Å²) >= 11 is 0. The number of hydrogen-bond donors (Lipinski definition) is 1. The third kappa shape index (κ3) is 3.93. The van der Waals surface area contributed by atoms with Crippen molar-refractivity contribution in [1.82, 2.24) is 0 Å². The first-order chi connectivity index (χ1) is 20.5. The molecule has 0 aromatic heterocycles. The number of carbonyl (C=O) groups excluding carboxylic acids is 4. The van der Waals surface area contributed by atoms with E-state index < -0.39 is 35.5 Å². The van der Waals surface area contributed by atoms with E-state index in [2.05, 4.69) is 0 Å². The fourth-order valence-electron chi connectivity index (χ4n) is 7.62. The average Bonchev–Trinajstić information content (AvgIpc) is 3.43. The van der Waals surface area contributed by atoms with Gasteiger partial charge in [-0.3, -0.25) is 29.0 Å². The quantitative estimate of drug-likeness (QED) is 0.358. The molecule has 8 nitrogen and oxygen atoms in total. The second kappa shape index (κ2) is 10.4. The van der Waals surface area contributed by atoms with E-state index in [0.717, 1.165) is 11.1 Å². The zero-order valence-corrected chi connectivity index (χ0v) is 22.8. The summed E-state index contributed by atoms with van der Waals surface area (Å²) in [5, 5.41) is 9.46. The van der Waals surface area contributed by atoms with Crippen LogP contribution in [-0.2, 0) is 19.2 Å². The minimum atomic E-state index is -0.687. The number of benzene rings is 3. The number of anilines is 2. The summed E-state index contributed by atoms with van der Waals surface area (Å²) in [5.41, 5.74) is 2.70. The van der Waals surface area contributed by atoms with Crippen LogP contribution in [0.5, 0.6) is 5.75 Å². The van der Waals surface area contributed by atoms with Gasteiger partial charge >= 0.3 is 0 Å². The normalized spacial score (nSPS) is 28.4. The van der Waals surface area contributed by atoms with E-state index in [4.69, 9.17) is 4.74 Å². The highest BCUT2D eigenvalue weighted by molar-refractivity contribution is 6.24. The molecule has 1 N–H and O–H groups in total. The van der Waals surface area contributed by atoms with Gasteiger partial charge in [-0.05, 0) is 49.1 Å². The Hall–Kier alpha value is -4.56. The van der Waals surface area contributed by atoms with Crippen LogP contribution in [0, 0.1) is 29.6 Å². The summed E-state index contributed by atoms with van der Waals surface area (Å²) in [6, 6.07) is 25.3. The highest BCUT2D eigenvalue weighted by Crippen LogP contribution is 2.59. The van der Waals surface area contributed by atoms with Crippen LogP contribution in [0.3, 0.4) is 0 Å². The molecule has 2 heterocycles.